The molecule has 1 heterocycles. The summed E-state index contributed by atoms with van der Waals surface area (Å²) in [6.45, 7) is 8.57. The Balaban J connectivity index is 2.45. The number of thiazole rings is 1. The fraction of sp³-hybridized carbons (Fsp3) is 0.727. The molecule has 104 valence electrons. The molecule has 1 aromatic heterocycles. The summed E-state index contributed by atoms with van der Waals surface area (Å²) in [4.78, 5) is 5.20. The van der Waals surface area contributed by atoms with E-state index in [1.54, 1.807) is 0 Å². The van der Waals surface area contributed by atoms with Gasteiger partial charge in [0, 0.05) is 10.9 Å². The second-order valence-electron chi connectivity index (χ2n) is 4.54. The molecule has 0 aliphatic carbocycles. The van der Waals surface area contributed by atoms with E-state index in [9.17, 15) is 8.42 Å². The second-order valence-corrected chi connectivity index (χ2v) is 7.59. The number of hydrogen-bond donors (Lipinski definition) is 2. The van der Waals surface area contributed by atoms with E-state index in [0.717, 1.165) is 10.6 Å². The maximum atomic E-state index is 11.8. The molecule has 0 saturated heterocycles. The van der Waals surface area contributed by atoms with E-state index in [2.05, 4.69) is 15.0 Å². The average Bonchev–Trinajstić information content (AvgIpc) is 2.52. The summed E-state index contributed by atoms with van der Waals surface area (Å²) >= 11 is 1.37. The van der Waals surface area contributed by atoms with Crippen LogP contribution < -0.4 is 10.0 Å². The molecule has 0 atom stereocenters. The molecule has 1 rings (SSSR count). The highest BCUT2D eigenvalue weighted by Gasteiger charge is 2.13. The highest BCUT2D eigenvalue weighted by molar-refractivity contribution is 7.92. The Kier molecular flexibility index (Phi) is 5.55. The largest absolute Gasteiger partial charge is 0.314 e. The lowest BCUT2D eigenvalue weighted by Crippen LogP contribution is -2.26. The molecule has 5 nitrogen and oxygen atoms in total. The van der Waals surface area contributed by atoms with Gasteiger partial charge in [0.2, 0.25) is 10.0 Å². The molecular formula is C11H21N3O2S2. The van der Waals surface area contributed by atoms with Gasteiger partial charge in [-0.25, -0.2) is 13.4 Å². The van der Waals surface area contributed by atoms with Crippen LogP contribution >= 0.6 is 11.3 Å². The van der Waals surface area contributed by atoms with E-state index in [1.807, 2.05) is 27.7 Å². The Labute approximate surface area is 113 Å². The van der Waals surface area contributed by atoms with Crippen molar-refractivity contribution < 1.29 is 8.42 Å². The lowest BCUT2D eigenvalue weighted by atomic mass is 10.4. The van der Waals surface area contributed by atoms with Crippen LogP contribution in [0.15, 0.2) is 0 Å². The average molecular weight is 291 g/mol. The lowest BCUT2D eigenvalue weighted by Gasteiger charge is -2.08. The maximum absolute atomic E-state index is 11.8. The van der Waals surface area contributed by atoms with Crippen molar-refractivity contribution in [2.45, 2.75) is 40.2 Å². The van der Waals surface area contributed by atoms with Crippen LogP contribution in [0.2, 0.25) is 0 Å². The lowest BCUT2D eigenvalue weighted by molar-refractivity contribution is 0.571. The second kappa shape index (κ2) is 6.49. The number of hydrogen-bond acceptors (Lipinski definition) is 5. The first-order chi connectivity index (χ1) is 8.30. The van der Waals surface area contributed by atoms with Gasteiger partial charge < -0.3 is 5.32 Å². The van der Waals surface area contributed by atoms with Gasteiger partial charge in [-0.1, -0.05) is 13.8 Å². The molecule has 7 heteroatoms. The zero-order valence-corrected chi connectivity index (χ0v) is 12.9. The van der Waals surface area contributed by atoms with Crippen molar-refractivity contribution >= 4 is 26.5 Å². The monoisotopic (exact) mass is 291 g/mol. The van der Waals surface area contributed by atoms with E-state index in [0.29, 0.717) is 24.1 Å². The van der Waals surface area contributed by atoms with Crippen LogP contribution in [0.5, 0.6) is 0 Å². The Morgan fingerprint density at radius 2 is 2.00 bits per heavy atom. The van der Waals surface area contributed by atoms with E-state index in [4.69, 9.17) is 0 Å². The molecular weight excluding hydrogens is 270 g/mol. The van der Waals surface area contributed by atoms with Crippen molar-refractivity contribution in [2.75, 3.05) is 17.0 Å². The van der Waals surface area contributed by atoms with Gasteiger partial charge in [-0.2, -0.15) is 0 Å². The van der Waals surface area contributed by atoms with Crippen molar-refractivity contribution in [1.82, 2.24) is 10.3 Å². The summed E-state index contributed by atoms with van der Waals surface area (Å²) in [5.74, 6) is 0.115. The molecule has 0 aliphatic heterocycles. The van der Waals surface area contributed by atoms with Gasteiger partial charge in [-0.15, -0.1) is 11.3 Å². The highest BCUT2D eigenvalue weighted by Crippen LogP contribution is 2.22. The van der Waals surface area contributed by atoms with Crippen LogP contribution in [-0.2, 0) is 10.0 Å². The van der Waals surface area contributed by atoms with Crippen molar-refractivity contribution in [3.63, 3.8) is 0 Å². The molecule has 0 bridgehead atoms. The number of sulfonamides is 1. The zero-order valence-electron chi connectivity index (χ0n) is 11.3. The van der Waals surface area contributed by atoms with Crippen LogP contribution in [0.25, 0.3) is 0 Å². The van der Waals surface area contributed by atoms with Gasteiger partial charge in [-0.05, 0) is 26.8 Å². The van der Waals surface area contributed by atoms with E-state index in [-0.39, 0.29) is 5.75 Å². The summed E-state index contributed by atoms with van der Waals surface area (Å²) in [5, 5.41) is 3.65. The summed E-state index contributed by atoms with van der Waals surface area (Å²) in [6, 6.07) is 0.380. The first-order valence-electron chi connectivity index (χ1n) is 5.98. The standard InChI is InChI=1S/C11H21N3O2S2/c1-8(2)12-6-5-7-18(15,16)14-11-13-9(3)10(4)17-11/h8,12H,5-7H2,1-4H3,(H,13,14). The van der Waals surface area contributed by atoms with Crippen molar-refractivity contribution in [2.24, 2.45) is 0 Å². The Morgan fingerprint density at radius 1 is 1.33 bits per heavy atom. The summed E-state index contributed by atoms with van der Waals surface area (Å²) in [7, 11) is -3.28. The quantitative estimate of drug-likeness (QED) is 0.753. The molecule has 18 heavy (non-hydrogen) atoms. The van der Waals surface area contributed by atoms with Gasteiger partial charge in [0.25, 0.3) is 0 Å². The van der Waals surface area contributed by atoms with Crippen molar-refractivity contribution in [1.29, 1.82) is 0 Å². The number of rotatable bonds is 7. The minimum atomic E-state index is -3.28. The van der Waals surface area contributed by atoms with Gasteiger partial charge in [-0.3, -0.25) is 4.72 Å². The Bertz CT molecular complexity index is 461. The molecule has 0 fully saturated rings. The normalized spacial score (nSPS) is 12.1. The molecule has 0 unspecified atom stereocenters. The molecule has 0 radical (unpaired) electrons. The number of nitrogens with zero attached hydrogens (tertiary/aromatic N) is 1. The third kappa shape index (κ3) is 5.32. The minimum absolute atomic E-state index is 0.115. The summed E-state index contributed by atoms with van der Waals surface area (Å²) < 4.78 is 26.1. The van der Waals surface area contributed by atoms with Gasteiger partial charge in [0.15, 0.2) is 5.13 Å². The molecule has 0 amide bonds. The van der Waals surface area contributed by atoms with Crippen molar-refractivity contribution in [3.05, 3.63) is 10.6 Å². The highest BCUT2D eigenvalue weighted by atomic mass is 32.2. The Hall–Kier alpha value is -0.660. The van der Waals surface area contributed by atoms with Crippen LogP contribution in [0, 0.1) is 13.8 Å². The third-order valence-corrected chi connectivity index (χ3v) is 4.86. The van der Waals surface area contributed by atoms with Crippen LogP contribution in [0.1, 0.15) is 30.8 Å². The number of aromatic nitrogens is 1. The molecule has 0 saturated carbocycles. The molecule has 0 aliphatic rings. The van der Waals surface area contributed by atoms with Crippen LogP contribution in [0.3, 0.4) is 0 Å². The zero-order chi connectivity index (χ0) is 13.8. The van der Waals surface area contributed by atoms with E-state index in [1.165, 1.54) is 11.3 Å². The first kappa shape index (κ1) is 15.4. The molecule has 1 aromatic rings. The number of nitrogens with one attached hydrogen (secondary N) is 2. The smallest absolute Gasteiger partial charge is 0.234 e. The van der Waals surface area contributed by atoms with E-state index >= 15 is 0 Å². The number of aryl methyl sites for hydroxylation is 2. The fourth-order valence-electron chi connectivity index (χ4n) is 1.35. The fourth-order valence-corrected chi connectivity index (χ4v) is 3.51. The molecule has 0 spiro atoms. The predicted octanol–water partition coefficient (Wildman–Crippen LogP) is 1.89. The predicted molar refractivity (Wildman–Crippen MR) is 76.8 cm³/mol. The van der Waals surface area contributed by atoms with E-state index < -0.39 is 10.0 Å². The Morgan fingerprint density at radius 3 is 2.50 bits per heavy atom. The SMILES string of the molecule is Cc1nc(NS(=O)(=O)CCCNC(C)C)sc1C. The van der Waals surface area contributed by atoms with Crippen molar-refractivity contribution in [3.8, 4) is 0 Å². The summed E-state index contributed by atoms with van der Waals surface area (Å²) in [6.07, 6.45) is 0.594. The molecule has 0 aromatic carbocycles. The minimum Gasteiger partial charge on any atom is -0.314 e. The third-order valence-electron chi connectivity index (χ3n) is 2.41. The van der Waals surface area contributed by atoms with Gasteiger partial charge in [0.05, 0.1) is 11.4 Å². The maximum Gasteiger partial charge on any atom is 0.234 e. The molecule has 2 N–H and O–H groups in total. The number of anilines is 1. The first-order valence-corrected chi connectivity index (χ1v) is 8.45. The van der Waals surface area contributed by atoms with Gasteiger partial charge >= 0.3 is 0 Å². The van der Waals surface area contributed by atoms with Crippen LogP contribution in [0.4, 0.5) is 5.13 Å². The topological polar surface area (TPSA) is 71.1 Å². The summed E-state index contributed by atoms with van der Waals surface area (Å²) in [5.41, 5.74) is 0.874. The van der Waals surface area contributed by atoms with Crippen LogP contribution in [-0.4, -0.2) is 31.7 Å². The van der Waals surface area contributed by atoms with Gasteiger partial charge in [0.1, 0.15) is 0 Å².